The van der Waals surface area contributed by atoms with Crippen molar-refractivity contribution in [1.82, 2.24) is 0 Å². The third kappa shape index (κ3) is 2.30. The average Bonchev–Trinajstić information content (AvgIpc) is 3.60. The minimum Gasteiger partial charge on any atom is -0.464 e. The van der Waals surface area contributed by atoms with Gasteiger partial charge in [-0.15, -0.1) is 0 Å². The first kappa shape index (κ1) is 18.6. The first-order valence-corrected chi connectivity index (χ1v) is 12.2. The molecule has 0 unspecified atom stereocenters. The first-order valence-electron chi connectivity index (χ1n) is 12.2. The van der Waals surface area contributed by atoms with Crippen molar-refractivity contribution >= 4 is 43.7 Å². The maximum Gasteiger partial charge on any atom is 0.228 e. The zero-order valence-corrected chi connectivity index (χ0v) is 19.3. The Balaban J connectivity index is 1.46. The number of hydrogen-bond donors (Lipinski definition) is 0. The lowest BCUT2D eigenvalue weighted by Crippen LogP contribution is -2.31. The number of rotatable bonds is 1. The number of hydrogen-bond acceptors (Lipinski definition) is 3. The van der Waals surface area contributed by atoms with Crippen LogP contribution in [0.3, 0.4) is 0 Å². The summed E-state index contributed by atoms with van der Waals surface area (Å²) in [6.45, 7) is 2.11. The molecule has 4 nitrogen and oxygen atoms in total. The van der Waals surface area contributed by atoms with Gasteiger partial charge in [0.25, 0.3) is 0 Å². The van der Waals surface area contributed by atoms with Crippen LogP contribution in [-0.2, 0) is 7.05 Å². The number of aryl methyl sites for hydroxylation is 2. The zero-order chi connectivity index (χ0) is 22.6. The number of benzene rings is 3. The minimum atomic E-state index is 0.664. The van der Waals surface area contributed by atoms with E-state index < -0.39 is 0 Å². The van der Waals surface area contributed by atoms with E-state index in [9.17, 15) is 0 Å². The molecule has 4 heterocycles. The number of furan rings is 2. The fraction of sp³-hybridized carbons (Fsp3) is 0.233. The SMILES string of the molecule is Cc1c2c(cc3ccoc13)Oc1cc3c4ccc(C5CCCC5)cc4oc3c3cc[n+](C)c-2c13. The molecule has 0 spiro atoms. The summed E-state index contributed by atoms with van der Waals surface area (Å²) >= 11 is 0. The average molecular weight is 447 g/mol. The highest BCUT2D eigenvalue weighted by molar-refractivity contribution is 6.20. The van der Waals surface area contributed by atoms with Crippen molar-refractivity contribution < 1.29 is 18.1 Å². The van der Waals surface area contributed by atoms with Crippen LogP contribution in [0.1, 0.15) is 42.7 Å². The van der Waals surface area contributed by atoms with Gasteiger partial charge >= 0.3 is 0 Å². The zero-order valence-electron chi connectivity index (χ0n) is 19.3. The highest BCUT2D eigenvalue weighted by Gasteiger charge is 2.32. The minimum absolute atomic E-state index is 0.664. The van der Waals surface area contributed by atoms with Crippen molar-refractivity contribution in [2.75, 3.05) is 0 Å². The van der Waals surface area contributed by atoms with E-state index in [1.807, 2.05) is 6.07 Å². The molecule has 0 radical (unpaired) electrons. The van der Waals surface area contributed by atoms with Crippen LogP contribution < -0.4 is 9.30 Å². The Morgan fingerprint density at radius 1 is 0.882 bits per heavy atom. The number of fused-ring (bicyclic) bond motifs is 7. The quantitative estimate of drug-likeness (QED) is 0.240. The van der Waals surface area contributed by atoms with Gasteiger partial charge in [0.1, 0.15) is 40.7 Å². The van der Waals surface area contributed by atoms with Crippen molar-refractivity contribution in [3.8, 4) is 22.8 Å². The first-order chi connectivity index (χ1) is 16.7. The summed E-state index contributed by atoms with van der Waals surface area (Å²) in [4.78, 5) is 0. The lowest BCUT2D eigenvalue weighted by molar-refractivity contribution is -0.659. The van der Waals surface area contributed by atoms with E-state index in [4.69, 9.17) is 13.6 Å². The molecular weight excluding hydrogens is 422 g/mol. The Hall–Kier alpha value is -3.79. The highest BCUT2D eigenvalue weighted by Crippen LogP contribution is 2.51. The monoisotopic (exact) mass is 446 g/mol. The van der Waals surface area contributed by atoms with Gasteiger partial charge in [0.2, 0.25) is 5.69 Å². The molecule has 3 aromatic carbocycles. The number of ether oxygens (including phenoxy) is 1. The molecule has 0 atom stereocenters. The largest absolute Gasteiger partial charge is 0.464 e. The van der Waals surface area contributed by atoms with Crippen molar-refractivity contribution in [3.05, 3.63) is 66.1 Å². The molecular formula is C30H24NO3+. The second kappa shape index (κ2) is 6.41. The second-order valence-corrected chi connectivity index (χ2v) is 9.97. The van der Waals surface area contributed by atoms with Gasteiger partial charge in [-0.25, -0.2) is 4.57 Å². The van der Waals surface area contributed by atoms with Crippen molar-refractivity contribution in [2.24, 2.45) is 7.05 Å². The molecule has 0 saturated heterocycles. The van der Waals surface area contributed by atoms with E-state index in [1.165, 1.54) is 31.2 Å². The molecule has 8 rings (SSSR count). The standard InChI is InChI=1S/C30H24NO3/c1-16-26-24(14-19-10-12-32-29(16)19)33-25-15-22-20-8-7-18(17-5-3-4-6-17)13-23(20)34-30(22)21-9-11-31(2)28(26)27(21)25/h7-15,17H,3-6H2,1-2H3/q+1. The number of aromatic nitrogens is 1. The summed E-state index contributed by atoms with van der Waals surface area (Å²) < 4.78 is 21.2. The predicted molar refractivity (Wildman–Crippen MR) is 134 cm³/mol. The van der Waals surface area contributed by atoms with Gasteiger partial charge in [0, 0.05) is 33.2 Å². The highest BCUT2D eigenvalue weighted by atomic mass is 16.5. The second-order valence-electron chi connectivity index (χ2n) is 9.97. The van der Waals surface area contributed by atoms with Crippen LogP contribution in [0.15, 0.2) is 63.8 Å². The van der Waals surface area contributed by atoms with Crippen LogP contribution in [0.2, 0.25) is 0 Å². The summed E-state index contributed by atoms with van der Waals surface area (Å²) in [5, 5.41) is 5.50. The number of nitrogens with zero attached hydrogens (tertiary/aromatic N) is 1. The van der Waals surface area contributed by atoms with Gasteiger partial charge in [-0.1, -0.05) is 25.0 Å². The summed E-state index contributed by atoms with van der Waals surface area (Å²) in [6, 6.07) is 15.2. The Bertz CT molecular complexity index is 1810. The maximum absolute atomic E-state index is 6.60. The van der Waals surface area contributed by atoms with Gasteiger partial charge in [0.15, 0.2) is 6.20 Å². The summed E-state index contributed by atoms with van der Waals surface area (Å²) in [7, 11) is 2.09. The van der Waals surface area contributed by atoms with Crippen molar-refractivity contribution in [1.29, 1.82) is 0 Å². The third-order valence-electron chi connectivity index (χ3n) is 8.07. The van der Waals surface area contributed by atoms with Gasteiger partial charge in [-0.3, -0.25) is 0 Å². The molecule has 1 aliphatic carbocycles. The molecule has 1 aliphatic heterocycles. The molecule has 0 N–H and O–H groups in total. The van der Waals surface area contributed by atoms with Crippen LogP contribution in [0, 0.1) is 6.92 Å². The molecule has 2 aliphatic rings. The predicted octanol–water partition coefficient (Wildman–Crippen LogP) is 8.05. The lowest BCUT2D eigenvalue weighted by atomic mass is 9.93. The molecule has 1 saturated carbocycles. The topological polar surface area (TPSA) is 39.4 Å². The Labute approximate surface area is 196 Å². The van der Waals surface area contributed by atoms with Crippen molar-refractivity contribution in [2.45, 2.75) is 38.5 Å². The van der Waals surface area contributed by atoms with Crippen molar-refractivity contribution in [3.63, 3.8) is 0 Å². The van der Waals surface area contributed by atoms with Crippen LogP contribution in [0.5, 0.6) is 11.5 Å². The van der Waals surface area contributed by atoms with E-state index in [2.05, 4.69) is 61.1 Å². The summed E-state index contributed by atoms with van der Waals surface area (Å²) in [5.41, 5.74) is 7.54. The summed E-state index contributed by atoms with van der Waals surface area (Å²) in [5.74, 6) is 2.42. The van der Waals surface area contributed by atoms with Gasteiger partial charge in [0.05, 0.1) is 11.8 Å². The smallest absolute Gasteiger partial charge is 0.228 e. The van der Waals surface area contributed by atoms with E-state index in [1.54, 1.807) is 6.26 Å². The van der Waals surface area contributed by atoms with Gasteiger partial charge < -0.3 is 13.6 Å². The molecule has 0 bridgehead atoms. The van der Waals surface area contributed by atoms with Crippen LogP contribution in [0.25, 0.3) is 54.9 Å². The summed E-state index contributed by atoms with van der Waals surface area (Å²) in [6.07, 6.45) is 9.10. The van der Waals surface area contributed by atoms with Gasteiger partial charge in [-0.2, -0.15) is 0 Å². The van der Waals surface area contributed by atoms with E-state index in [-0.39, 0.29) is 0 Å². The Morgan fingerprint density at radius 3 is 2.65 bits per heavy atom. The van der Waals surface area contributed by atoms with E-state index in [0.717, 1.165) is 72.0 Å². The maximum atomic E-state index is 6.60. The number of pyridine rings is 1. The van der Waals surface area contributed by atoms with Gasteiger partial charge in [-0.05, 0) is 55.5 Å². The molecule has 3 aromatic heterocycles. The van der Waals surface area contributed by atoms with Crippen LogP contribution in [0.4, 0.5) is 0 Å². The molecule has 4 heteroatoms. The fourth-order valence-electron chi connectivity index (χ4n) is 6.40. The van der Waals surface area contributed by atoms with E-state index in [0.29, 0.717) is 5.92 Å². The van der Waals surface area contributed by atoms with E-state index >= 15 is 0 Å². The Kier molecular flexibility index (Phi) is 3.51. The lowest BCUT2D eigenvalue weighted by Gasteiger charge is -2.21. The fourth-order valence-corrected chi connectivity index (χ4v) is 6.40. The molecule has 1 fully saturated rings. The molecule has 166 valence electrons. The normalized spacial score (nSPS) is 15.6. The van der Waals surface area contributed by atoms with Crippen LogP contribution >= 0.6 is 0 Å². The molecule has 34 heavy (non-hydrogen) atoms. The molecule has 6 aromatic rings. The Morgan fingerprint density at radius 2 is 1.76 bits per heavy atom. The third-order valence-corrected chi connectivity index (χ3v) is 8.07. The molecule has 0 amide bonds. The van der Waals surface area contributed by atoms with Crippen LogP contribution in [-0.4, -0.2) is 0 Å².